The van der Waals surface area contributed by atoms with Gasteiger partial charge in [-0.15, -0.1) is 0 Å². The van der Waals surface area contributed by atoms with Crippen molar-refractivity contribution in [1.29, 1.82) is 0 Å². The summed E-state index contributed by atoms with van der Waals surface area (Å²) < 4.78 is 4.97. The largest absolute Gasteiger partial charge is 0.385 e. The molecule has 0 bridgehead atoms. The maximum atomic E-state index is 11.7. The van der Waals surface area contributed by atoms with E-state index in [-0.39, 0.29) is 12.5 Å². The van der Waals surface area contributed by atoms with Gasteiger partial charge < -0.3 is 15.4 Å². The molecule has 1 aromatic carbocycles. The summed E-state index contributed by atoms with van der Waals surface area (Å²) >= 11 is 11.9. The molecule has 112 valence electrons. The quantitative estimate of drug-likeness (QED) is 0.686. The number of amides is 1. The molecule has 0 aliphatic heterocycles. The van der Waals surface area contributed by atoms with Gasteiger partial charge in [0.25, 0.3) is 0 Å². The maximum absolute atomic E-state index is 11.7. The van der Waals surface area contributed by atoms with Crippen LogP contribution in [0, 0.1) is 0 Å². The highest BCUT2D eigenvalue weighted by Gasteiger charge is 2.08. The third kappa shape index (κ3) is 6.57. The van der Waals surface area contributed by atoms with Crippen LogP contribution in [0.25, 0.3) is 0 Å². The Hall–Kier alpha value is -0.810. The van der Waals surface area contributed by atoms with Crippen molar-refractivity contribution in [3.8, 4) is 0 Å². The van der Waals surface area contributed by atoms with E-state index in [0.29, 0.717) is 15.7 Å². The van der Waals surface area contributed by atoms with Gasteiger partial charge in [-0.2, -0.15) is 0 Å². The summed E-state index contributed by atoms with van der Waals surface area (Å²) in [4.78, 5) is 11.7. The van der Waals surface area contributed by atoms with E-state index >= 15 is 0 Å². The number of hydrogen-bond acceptors (Lipinski definition) is 3. The van der Waals surface area contributed by atoms with Crippen LogP contribution in [0.4, 0.5) is 5.69 Å². The first-order valence-electron chi connectivity index (χ1n) is 6.58. The van der Waals surface area contributed by atoms with Crippen LogP contribution in [0.2, 0.25) is 10.0 Å². The molecule has 0 heterocycles. The van der Waals surface area contributed by atoms with Gasteiger partial charge in [0, 0.05) is 13.7 Å². The molecule has 0 fully saturated rings. The molecule has 0 aliphatic carbocycles. The topological polar surface area (TPSA) is 50.4 Å². The van der Waals surface area contributed by atoms with Gasteiger partial charge in [0.2, 0.25) is 5.91 Å². The van der Waals surface area contributed by atoms with E-state index in [0.717, 1.165) is 32.4 Å². The normalized spacial score (nSPS) is 10.6. The predicted molar refractivity (Wildman–Crippen MR) is 83.7 cm³/mol. The number of para-hydroxylation sites is 1. The fraction of sp³-hybridized carbons (Fsp3) is 0.500. The molecule has 4 nitrogen and oxygen atoms in total. The molecule has 6 heteroatoms. The number of ether oxygens (including phenoxy) is 1. The second-order valence-electron chi connectivity index (χ2n) is 4.38. The smallest absolute Gasteiger partial charge is 0.238 e. The molecule has 0 aliphatic rings. The maximum Gasteiger partial charge on any atom is 0.238 e. The Morgan fingerprint density at radius 1 is 1.20 bits per heavy atom. The summed E-state index contributed by atoms with van der Waals surface area (Å²) in [6.07, 6.45) is 3.14. The first-order chi connectivity index (χ1) is 9.65. The van der Waals surface area contributed by atoms with E-state index in [1.165, 1.54) is 0 Å². The molecule has 0 saturated heterocycles. The number of carbonyl (C=O) groups excluding carboxylic acids is 1. The van der Waals surface area contributed by atoms with E-state index < -0.39 is 0 Å². The molecule has 0 atom stereocenters. The highest BCUT2D eigenvalue weighted by Crippen LogP contribution is 2.29. The minimum Gasteiger partial charge on any atom is -0.385 e. The Labute approximate surface area is 129 Å². The SMILES string of the molecule is COCCCCCNCC(=O)Nc1c(Cl)cccc1Cl. The standard InChI is InChI=1S/C14H20Cl2N2O2/c1-20-9-4-2-3-8-17-10-13(19)18-14-11(15)6-5-7-12(14)16/h5-7,17H,2-4,8-10H2,1H3,(H,18,19). The molecule has 2 N–H and O–H groups in total. The molecule has 1 rings (SSSR count). The van der Waals surface area contributed by atoms with Crippen molar-refractivity contribution in [2.75, 3.05) is 32.1 Å². The van der Waals surface area contributed by atoms with Crippen LogP contribution in [-0.2, 0) is 9.53 Å². The highest BCUT2D eigenvalue weighted by molar-refractivity contribution is 6.39. The average molecular weight is 319 g/mol. The van der Waals surface area contributed by atoms with Crippen LogP contribution in [0.3, 0.4) is 0 Å². The average Bonchev–Trinajstić information content (AvgIpc) is 2.42. The Morgan fingerprint density at radius 2 is 1.90 bits per heavy atom. The number of rotatable bonds is 9. The second kappa shape index (κ2) is 10.00. The number of halogens is 2. The number of unbranched alkanes of at least 4 members (excludes halogenated alkanes) is 2. The Morgan fingerprint density at radius 3 is 2.55 bits per heavy atom. The van der Waals surface area contributed by atoms with Gasteiger partial charge in [0.1, 0.15) is 0 Å². The number of anilines is 1. The second-order valence-corrected chi connectivity index (χ2v) is 5.19. The molecule has 0 aromatic heterocycles. The lowest BCUT2D eigenvalue weighted by Gasteiger charge is -2.09. The fourth-order valence-corrected chi connectivity index (χ4v) is 2.17. The van der Waals surface area contributed by atoms with E-state index in [9.17, 15) is 4.79 Å². The number of benzene rings is 1. The van der Waals surface area contributed by atoms with Gasteiger partial charge in [-0.3, -0.25) is 4.79 Å². The van der Waals surface area contributed by atoms with Crippen molar-refractivity contribution in [3.05, 3.63) is 28.2 Å². The van der Waals surface area contributed by atoms with E-state index in [4.69, 9.17) is 27.9 Å². The van der Waals surface area contributed by atoms with E-state index in [1.807, 2.05) is 0 Å². The first kappa shape index (κ1) is 17.2. The summed E-state index contributed by atoms with van der Waals surface area (Å²) in [5.74, 6) is -0.156. The Bertz CT molecular complexity index is 407. The highest BCUT2D eigenvalue weighted by atomic mass is 35.5. The lowest BCUT2D eigenvalue weighted by Crippen LogP contribution is -2.29. The molecule has 20 heavy (non-hydrogen) atoms. The number of hydrogen-bond donors (Lipinski definition) is 2. The van der Waals surface area contributed by atoms with Crippen molar-refractivity contribution in [3.63, 3.8) is 0 Å². The fourth-order valence-electron chi connectivity index (χ4n) is 1.68. The van der Waals surface area contributed by atoms with Crippen LogP contribution in [0.5, 0.6) is 0 Å². The van der Waals surface area contributed by atoms with Gasteiger partial charge in [0.15, 0.2) is 0 Å². The van der Waals surface area contributed by atoms with Crippen molar-refractivity contribution in [2.45, 2.75) is 19.3 Å². The first-order valence-corrected chi connectivity index (χ1v) is 7.34. The summed E-state index contributed by atoms with van der Waals surface area (Å²) in [7, 11) is 1.70. The van der Waals surface area contributed by atoms with Crippen molar-refractivity contribution >= 4 is 34.8 Å². The third-order valence-corrected chi connectivity index (χ3v) is 3.34. The summed E-state index contributed by atoms with van der Waals surface area (Å²) in [5.41, 5.74) is 0.461. The van der Waals surface area contributed by atoms with Crippen LogP contribution < -0.4 is 10.6 Å². The lowest BCUT2D eigenvalue weighted by molar-refractivity contribution is -0.115. The van der Waals surface area contributed by atoms with Crippen molar-refractivity contribution < 1.29 is 9.53 Å². The van der Waals surface area contributed by atoms with E-state index in [1.54, 1.807) is 25.3 Å². The zero-order valence-corrected chi connectivity index (χ0v) is 13.1. The summed E-state index contributed by atoms with van der Waals surface area (Å²) in [6, 6.07) is 5.11. The van der Waals surface area contributed by atoms with Crippen LogP contribution in [0.1, 0.15) is 19.3 Å². The van der Waals surface area contributed by atoms with Gasteiger partial charge in [0.05, 0.1) is 22.3 Å². The molecule has 0 radical (unpaired) electrons. The van der Waals surface area contributed by atoms with Gasteiger partial charge in [-0.05, 0) is 37.9 Å². The van der Waals surface area contributed by atoms with Crippen molar-refractivity contribution in [2.24, 2.45) is 0 Å². The van der Waals surface area contributed by atoms with Crippen LogP contribution in [0.15, 0.2) is 18.2 Å². The molecular weight excluding hydrogens is 299 g/mol. The van der Waals surface area contributed by atoms with E-state index in [2.05, 4.69) is 10.6 Å². The van der Waals surface area contributed by atoms with Gasteiger partial charge >= 0.3 is 0 Å². The molecule has 0 spiro atoms. The Kier molecular flexibility index (Phi) is 8.62. The molecule has 1 amide bonds. The minimum atomic E-state index is -0.156. The summed E-state index contributed by atoms with van der Waals surface area (Å²) in [6.45, 7) is 1.82. The third-order valence-electron chi connectivity index (χ3n) is 2.71. The zero-order chi connectivity index (χ0) is 14.8. The van der Waals surface area contributed by atoms with Crippen LogP contribution in [-0.4, -0.2) is 32.7 Å². The number of methoxy groups -OCH3 is 1. The molecule has 1 aromatic rings. The minimum absolute atomic E-state index is 0.156. The number of nitrogens with one attached hydrogen (secondary N) is 2. The molecular formula is C14H20Cl2N2O2. The van der Waals surface area contributed by atoms with Crippen LogP contribution >= 0.6 is 23.2 Å². The van der Waals surface area contributed by atoms with Crippen molar-refractivity contribution in [1.82, 2.24) is 5.32 Å². The predicted octanol–water partition coefficient (Wildman–Crippen LogP) is 3.34. The molecule has 0 unspecified atom stereocenters. The molecule has 0 saturated carbocycles. The zero-order valence-electron chi connectivity index (χ0n) is 11.5. The monoisotopic (exact) mass is 318 g/mol. The summed E-state index contributed by atoms with van der Waals surface area (Å²) in [5, 5.41) is 6.66. The number of carbonyl (C=O) groups is 1. The lowest BCUT2D eigenvalue weighted by atomic mass is 10.2. The Balaban J connectivity index is 2.21. The van der Waals surface area contributed by atoms with Gasteiger partial charge in [-0.1, -0.05) is 29.3 Å². The van der Waals surface area contributed by atoms with Gasteiger partial charge in [-0.25, -0.2) is 0 Å².